The Labute approximate surface area is 132 Å². The molecule has 114 valence electrons. The number of rotatable bonds is 2. The van der Waals surface area contributed by atoms with Gasteiger partial charge in [-0.1, -0.05) is 30.3 Å². The molecule has 0 atom stereocenters. The molecule has 0 saturated carbocycles. The van der Waals surface area contributed by atoms with Gasteiger partial charge in [0.05, 0.1) is 23.1 Å². The molecule has 2 heterocycles. The maximum Gasteiger partial charge on any atom is 0.275 e. The van der Waals surface area contributed by atoms with Crippen LogP contribution in [0.4, 0.5) is 5.69 Å². The molecule has 3 aromatic rings. The maximum absolute atomic E-state index is 12.6. The standard InChI is InChI=1S/C17H14N4O2/c22-17-13-8-4-5-9-14(13)18-15-16(23-11-10-21(15)17)20-19-12-6-2-1-3-7-12/h1-9,19H,10-11H2/b20-16-. The fourth-order valence-corrected chi connectivity index (χ4v) is 2.55. The third-order valence-electron chi connectivity index (χ3n) is 3.67. The zero-order chi connectivity index (χ0) is 15.6. The van der Waals surface area contributed by atoms with Crippen LogP contribution in [0.1, 0.15) is 5.82 Å². The number of nitrogens with zero attached hydrogens (tertiary/aromatic N) is 3. The SMILES string of the molecule is O=c1c2ccccc2nc2n1CCO/C2=N\Nc1ccccc1. The number of hydrogen-bond acceptors (Lipinski definition) is 5. The van der Waals surface area contributed by atoms with Crippen LogP contribution in [-0.2, 0) is 11.3 Å². The molecule has 1 aliphatic heterocycles. The van der Waals surface area contributed by atoms with Gasteiger partial charge in [-0.05, 0) is 24.3 Å². The highest BCUT2D eigenvalue weighted by Gasteiger charge is 2.21. The zero-order valence-corrected chi connectivity index (χ0v) is 12.3. The molecule has 0 aliphatic carbocycles. The molecule has 0 bridgehead atoms. The number of ether oxygens (including phenoxy) is 1. The van der Waals surface area contributed by atoms with Crippen molar-refractivity contribution in [3.8, 4) is 0 Å². The third kappa shape index (κ3) is 2.44. The van der Waals surface area contributed by atoms with Crippen molar-refractivity contribution in [1.29, 1.82) is 0 Å². The monoisotopic (exact) mass is 306 g/mol. The first-order chi connectivity index (χ1) is 11.3. The van der Waals surface area contributed by atoms with Crippen LogP contribution in [0, 0.1) is 0 Å². The molecule has 1 aliphatic rings. The van der Waals surface area contributed by atoms with E-state index in [1.54, 1.807) is 10.6 Å². The summed E-state index contributed by atoms with van der Waals surface area (Å²) in [6.45, 7) is 0.860. The topological polar surface area (TPSA) is 68.5 Å². The van der Waals surface area contributed by atoms with Gasteiger partial charge < -0.3 is 4.74 Å². The highest BCUT2D eigenvalue weighted by molar-refractivity contribution is 5.93. The predicted molar refractivity (Wildman–Crippen MR) is 88.6 cm³/mol. The molecule has 0 spiro atoms. The van der Waals surface area contributed by atoms with E-state index < -0.39 is 0 Å². The van der Waals surface area contributed by atoms with Crippen molar-refractivity contribution >= 4 is 22.5 Å². The van der Waals surface area contributed by atoms with Crippen molar-refractivity contribution in [2.75, 3.05) is 12.0 Å². The number of para-hydroxylation sites is 2. The Morgan fingerprint density at radius 1 is 1.09 bits per heavy atom. The summed E-state index contributed by atoms with van der Waals surface area (Å²) in [6, 6.07) is 16.8. The second kappa shape index (κ2) is 5.57. The van der Waals surface area contributed by atoms with Crippen LogP contribution in [0.15, 0.2) is 64.5 Å². The summed E-state index contributed by atoms with van der Waals surface area (Å²) < 4.78 is 7.20. The molecule has 23 heavy (non-hydrogen) atoms. The van der Waals surface area contributed by atoms with Crippen LogP contribution < -0.4 is 11.0 Å². The first-order valence-electron chi connectivity index (χ1n) is 7.34. The molecule has 0 saturated heterocycles. The normalized spacial score (nSPS) is 15.2. The van der Waals surface area contributed by atoms with Crippen molar-refractivity contribution in [1.82, 2.24) is 9.55 Å². The van der Waals surface area contributed by atoms with E-state index in [0.717, 1.165) is 5.69 Å². The molecule has 0 fully saturated rings. The Morgan fingerprint density at radius 2 is 1.87 bits per heavy atom. The Balaban J connectivity index is 1.80. The van der Waals surface area contributed by atoms with Gasteiger partial charge in [0.25, 0.3) is 11.5 Å². The van der Waals surface area contributed by atoms with Gasteiger partial charge in [0.15, 0.2) is 0 Å². The quantitative estimate of drug-likeness (QED) is 0.737. The zero-order valence-electron chi connectivity index (χ0n) is 12.3. The van der Waals surface area contributed by atoms with Crippen LogP contribution in [0.25, 0.3) is 10.9 Å². The van der Waals surface area contributed by atoms with E-state index in [9.17, 15) is 4.79 Å². The van der Waals surface area contributed by atoms with E-state index in [2.05, 4.69) is 15.5 Å². The Hall–Kier alpha value is -3.15. The average Bonchev–Trinajstić information content (AvgIpc) is 2.61. The summed E-state index contributed by atoms with van der Waals surface area (Å²) in [4.78, 5) is 17.1. The van der Waals surface area contributed by atoms with Crippen molar-refractivity contribution in [2.45, 2.75) is 6.54 Å². The number of benzene rings is 2. The molecule has 0 unspecified atom stereocenters. The highest BCUT2D eigenvalue weighted by Crippen LogP contribution is 2.13. The van der Waals surface area contributed by atoms with E-state index in [0.29, 0.717) is 35.8 Å². The molecule has 4 rings (SSSR count). The van der Waals surface area contributed by atoms with E-state index in [1.807, 2.05) is 48.5 Å². The highest BCUT2D eigenvalue weighted by atomic mass is 16.5. The number of anilines is 1. The molecule has 6 heteroatoms. The number of aromatic nitrogens is 2. The predicted octanol–water partition coefficient (Wildman–Crippen LogP) is 2.20. The van der Waals surface area contributed by atoms with Gasteiger partial charge in [-0.3, -0.25) is 14.8 Å². The van der Waals surface area contributed by atoms with E-state index >= 15 is 0 Å². The van der Waals surface area contributed by atoms with Gasteiger partial charge in [-0.25, -0.2) is 4.98 Å². The van der Waals surface area contributed by atoms with Crippen LogP contribution in [0.2, 0.25) is 0 Å². The van der Waals surface area contributed by atoms with Gasteiger partial charge in [-0.2, -0.15) is 0 Å². The summed E-state index contributed by atoms with van der Waals surface area (Å²) in [7, 11) is 0. The number of nitrogens with one attached hydrogen (secondary N) is 1. The van der Waals surface area contributed by atoms with Crippen molar-refractivity contribution in [2.24, 2.45) is 5.10 Å². The summed E-state index contributed by atoms with van der Waals surface area (Å²) in [5.41, 5.74) is 4.34. The molecule has 6 nitrogen and oxygen atoms in total. The lowest BCUT2D eigenvalue weighted by Gasteiger charge is -2.20. The second-order valence-electron chi connectivity index (χ2n) is 5.15. The minimum Gasteiger partial charge on any atom is -0.472 e. The van der Waals surface area contributed by atoms with Gasteiger partial charge in [-0.15, -0.1) is 5.10 Å². The first-order valence-corrected chi connectivity index (χ1v) is 7.34. The Bertz CT molecular complexity index is 948. The number of fused-ring (bicyclic) bond motifs is 2. The van der Waals surface area contributed by atoms with E-state index in [4.69, 9.17) is 4.74 Å². The van der Waals surface area contributed by atoms with E-state index in [1.165, 1.54) is 0 Å². The van der Waals surface area contributed by atoms with Crippen LogP contribution in [0.3, 0.4) is 0 Å². The lowest BCUT2D eigenvalue weighted by atomic mass is 10.2. The molecule has 1 aromatic heterocycles. The number of hydrazone groups is 1. The van der Waals surface area contributed by atoms with Crippen molar-refractivity contribution < 1.29 is 4.74 Å². The third-order valence-corrected chi connectivity index (χ3v) is 3.67. The van der Waals surface area contributed by atoms with Gasteiger partial charge in [0.1, 0.15) is 6.61 Å². The fraction of sp³-hybridized carbons (Fsp3) is 0.118. The van der Waals surface area contributed by atoms with Crippen LogP contribution in [0.5, 0.6) is 0 Å². The lowest BCUT2D eigenvalue weighted by Crippen LogP contribution is -2.35. The smallest absolute Gasteiger partial charge is 0.275 e. The molecule has 0 amide bonds. The maximum atomic E-state index is 12.6. The fourth-order valence-electron chi connectivity index (χ4n) is 2.55. The molecule has 1 N–H and O–H groups in total. The van der Waals surface area contributed by atoms with E-state index in [-0.39, 0.29) is 5.56 Å². The summed E-state index contributed by atoms with van der Waals surface area (Å²) in [5, 5.41) is 4.87. The summed E-state index contributed by atoms with van der Waals surface area (Å²) in [6.07, 6.45) is 0. The summed E-state index contributed by atoms with van der Waals surface area (Å²) in [5.74, 6) is 0.770. The lowest BCUT2D eigenvalue weighted by molar-refractivity contribution is 0.259. The minimum absolute atomic E-state index is 0.0682. The molecule has 2 aromatic carbocycles. The number of hydrogen-bond donors (Lipinski definition) is 1. The van der Waals surface area contributed by atoms with Gasteiger partial charge >= 0.3 is 0 Å². The largest absolute Gasteiger partial charge is 0.472 e. The molecule has 0 radical (unpaired) electrons. The molecular formula is C17H14N4O2. The van der Waals surface area contributed by atoms with Crippen LogP contribution in [-0.4, -0.2) is 22.1 Å². The van der Waals surface area contributed by atoms with Crippen molar-refractivity contribution in [3.63, 3.8) is 0 Å². The first kappa shape index (κ1) is 13.5. The van der Waals surface area contributed by atoms with Crippen LogP contribution >= 0.6 is 0 Å². The van der Waals surface area contributed by atoms with Gasteiger partial charge in [0.2, 0.25) is 5.82 Å². The minimum atomic E-state index is -0.0682. The Kier molecular flexibility index (Phi) is 3.27. The van der Waals surface area contributed by atoms with Crippen molar-refractivity contribution in [3.05, 3.63) is 70.8 Å². The molecular weight excluding hydrogens is 292 g/mol. The van der Waals surface area contributed by atoms with Gasteiger partial charge in [0, 0.05) is 0 Å². The second-order valence-corrected chi connectivity index (χ2v) is 5.15. The summed E-state index contributed by atoms with van der Waals surface area (Å²) >= 11 is 0. The Morgan fingerprint density at radius 3 is 2.74 bits per heavy atom. The average molecular weight is 306 g/mol.